The summed E-state index contributed by atoms with van der Waals surface area (Å²) >= 11 is 0. The average molecular weight is 146 g/mol. The van der Waals surface area contributed by atoms with Gasteiger partial charge >= 0.3 is 0 Å². The molecule has 0 aromatic rings. The Morgan fingerprint density at radius 1 is 1.70 bits per heavy atom. The molecule has 1 saturated heterocycles. The van der Waals surface area contributed by atoms with Gasteiger partial charge in [0.15, 0.2) is 6.29 Å². The second-order valence-corrected chi connectivity index (χ2v) is 2.40. The third kappa shape index (κ3) is 1.94. The molecule has 10 heavy (non-hydrogen) atoms. The highest BCUT2D eigenvalue weighted by atomic mass is 16.7. The van der Waals surface area contributed by atoms with Crippen molar-refractivity contribution in [3.63, 3.8) is 0 Å². The van der Waals surface area contributed by atoms with E-state index in [1.54, 1.807) is 0 Å². The number of hydrogen-bond acceptors (Lipinski definition) is 3. The number of aliphatic hydroxyl groups excluding tert-OH is 1. The normalized spacial score (nSPS) is 34.2. The lowest BCUT2D eigenvalue weighted by Gasteiger charge is -2.27. The zero-order valence-corrected chi connectivity index (χ0v) is 6.25. The minimum absolute atomic E-state index is 0.376. The highest BCUT2D eigenvalue weighted by molar-refractivity contribution is 4.64. The molecule has 3 nitrogen and oxygen atoms in total. The summed E-state index contributed by atoms with van der Waals surface area (Å²) in [7, 11) is 0. The second kappa shape index (κ2) is 3.91. The van der Waals surface area contributed by atoms with Crippen LogP contribution in [0.4, 0.5) is 0 Å². The molecule has 0 bridgehead atoms. The minimum atomic E-state index is -0.423. The van der Waals surface area contributed by atoms with Crippen LogP contribution in [0.2, 0.25) is 0 Å². The molecular formula is C7H14O3. The lowest BCUT2D eigenvalue weighted by atomic mass is 10.1. The largest absolute Gasteiger partial charge is 0.388 e. The quantitative estimate of drug-likeness (QED) is 0.617. The topological polar surface area (TPSA) is 38.7 Å². The molecule has 1 rings (SSSR count). The van der Waals surface area contributed by atoms with Gasteiger partial charge in [-0.1, -0.05) is 0 Å². The number of ether oxygens (including phenoxy) is 2. The van der Waals surface area contributed by atoms with E-state index < -0.39 is 6.10 Å². The van der Waals surface area contributed by atoms with Gasteiger partial charge in [-0.25, -0.2) is 0 Å². The third-order valence-corrected chi connectivity index (χ3v) is 1.57. The van der Waals surface area contributed by atoms with Gasteiger partial charge in [-0.2, -0.15) is 0 Å². The van der Waals surface area contributed by atoms with Crippen molar-refractivity contribution >= 4 is 0 Å². The maximum atomic E-state index is 9.25. The van der Waals surface area contributed by atoms with Crippen LogP contribution < -0.4 is 0 Å². The summed E-state index contributed by atoms with van der Waals surface area (Å²) in [4.78, 5) is 0. The number of rotatable bonds is 2. The molecule has 0 spiro atoms. The Labute approximate surface area is 60.9 Å². The predicted molar refractivity (Wildman–Crippen MR) is 36.6 cm³/mol. The second-order valence-electron chi connectivity index (χ2n) is 2.40. The van der Waals surface area contributed by atoms with E-state index in [4.69, 9.17) is 9.47 Å². The van der Waals surface area contributed by atoms with E-state index >= 15 is 0 Å². The van der Waals surface area contributed by atoms with E-state index in [-0.39, 0.29) is 6.29 Å². The standard InChI is InChI=1S/C7H14O3/c1-2-9-7-6(8)4-3-5-10-7/h6-8H,2-5H2,1H3/t6-,7-/m1/s1. The first-order valence-electron chi connectivity index (χ1n) is 3.76. The Hall–Kier alpha value is -0.120. The highest BCUT2D eigenvalue weighted by Crippen LogP contribution is 2.14. The third-order valence-electron chi connectivity index (χ3n) is 1.57. The van der Waals surface area contributed by atoms with Crippen LogP contribution in [-0.4, -0.2) is 30.7 Å². The van der Waals surface area contributed by atoms with Gasteiger partial charge in [-0.05, 0) is 19.8 Å². The Morgan fingerprint density at radius 2 is 2.50 bits per heavy atom. The summed E-state index contributed by atoms with van der Waals surface area (Å²) in [6.45, 7) is 3.20. The first kappa shape index (κ1) is 7.98. The molecule has 0 amide bonds. The Balaban J connectivity index is 2.25. The molecule has 0 unspecified atom stereocenters. The van der Waals surface area contributed by atoms with Crippen LogP contribution in [0.1, 0.15) is 19.8 Å². The zero-order valence-electron chi connectivity index (χ0n) is 6.25. The lowest BCUT2D eigenvalue weighted by molar-refractivity contribution is -0.212. The SMILES string of the molecule is CCO[C@@H]1OCCC[C@H]1O. The summed E-state index contributed by atoms with van der Waals surface area (Å²) in [6, 6.07) is 0. The molecule has 1 heterocycles. The van der Waals surface area contributed by atoms with Gasteiger partial charge in [0, 0.05) is 13.2 Å². The molecule has 0 radical (unpaired) electrons. The van der Waals surface area contributed by atoms with Crippen molar-refractivity contribution < 1.29 is 14.6 Å². The molecule has 0 aromatic heterocycles. The fourth-order valence-corrected chi connectivity index (χ4v) is 1.06. The van der Waals surface area contributed by atoms with Crippen molar-refractivity contribution in [3.8, 4) is 0 Å². The van der Waals surface area contributed by atoms with Gasteiger partial charge < -0.3 is 14.6 Å². The maximum absolute atomic E-state index is 9.25. The summed E-state index contributed by atoms with van der Waals surface area (Å²) in [5.41, 5.74) is 0. The van der Waals surface area contributed by atoms with E-state index in [2.05, 4.69) is 0 Å². The van der Waals surface area contributed by atoms with Crippen molar-refractivity contribution in [1.29, 1.82) is 0 Å². The molecule has 3 heteroatoms. The van der Waals surface area contributed by atoms with Crippen LogP contribution in [0.15, 0.2) is 0 Å². The predicted octanol–water partition coefficient (Wildman–Crippen LogP) is 0.520. The number of hydrogen-bond donors (Lipinski definition) is 1. The van der Waals surface area contributed by atoms with Crippen LogP contribution in [0.25, 0.3) is 0 Å². The van der Waals surface area contributed by atoms with E-state index in [0.29, 0.717) is 13.2 Å². The number of aliphatic hydroxyl groups is 1. The Bertz CT molecular complexity index is 92.9. The zero-order chi connectivity index (χ0) is 7.40. The van der Waals surface area contributed by atoms with Crippen LogP contribution in [0, 0.1) is 0 Å². The maximum Gasteiger partial charge on any atom is 0.183 e. The van der Waals surface area contributed by atoms with Crippen molar-refractivity contribution in [2.75, 3.05) is 13.2 Å². The first-order valence-corrected chi connectivity index (χ1v) is 3.76. The van der Waals surface area contributed by atoms with Crippen molar-refractivity contribution in [2.24, 2.45) is 0 Å². The molecule has 1 aliphatic rings. The van der Waals surface area contributed by atoms with Crippen LogP contribution in [0.3, 0.4) is 0 Å². The van der Waals surface area contributed by atoms with Crippen molar-refractivity contribution in [1.82, 2.24) is 0 Å². The lowest BCUT2D eigenvalue weighted by Crippen LogP contribution is -2.36. The van der Waals surface area contributed by atoms with Crippen molar-refractivity contribution in [2.45, 2.75) is 32.2 Å². The molecule has 2 atom stereocenters. The summed E-state index contributed by atoms with van der Waals surface area (Å²) in [5, 5.41) is 9.25. The molecule has 1 fully saturated rings. The molecule has 1 N–H and O–H groups in total. The van der Waals surface area contributed by atoms with E-state index in [1.165, 1.54) is 0 Å². The molecule has 0 aliphatic carbocycles. The van der Waals surface area contributed by atoms with Crippen LogP contribution in [-0.2, 0) is 9.47 Å². The van der Waals surface area contributed by atoms with E-state index in [1.807, 2.05) is 6.92 Å². The van der Waals surface area contributed by atoms with Gasteiger partial charge in [0.2, 0.25) is 0 Å². The van der Waals surface area contributed by atoms with Crippen molar-refractivity contribution in [3.05, 3.63) is 0 Å². The van der Waals surface area contributed by atoms with Gasteiger partial charge in [0.05, 0.1) is 0 Å². The summed E-state index contributed by atoms with van der Waals surface area (Å²) in [5.74, 6) is 0. The fourth-order valence-electron chi connectivity index (χ4n) is 1.06. The average Bonchev–Trinajstić information content (AvgIpc) is 1.94. The highest BCUT2D eigenvalue weighted by Gasteiger charge is 2.23. The minimum Gasteiger partial charge on any atom is -0.388 e. The van der Waals surface area contributed by atoms with Gasteiger partial charge in [-0.15, -0.1) is 0 Å². The van der Waals surface area contributed by atoms with Crippen LogP contribution >= 0.6 is 0 Å². The molecule has 60 valence electrons. The van der Waals surface area contributed by atoms with E-state index in [9.17, 15) is 5.11 Å². The van der Waals surface area contributed by atoms with Gasteiger partial charge in [-0.3, -0.25) is 0 Å². The fraction of sp³-hybridized carbons (Fsp3) is 1.00. The molecule has 0 saturated carbocycles. The summed E-state index contributed by atoms with van der Waals surface area (Å²) < 4.78 is 10.3. The van der Waals surface area contributed by atoms with Gasteiger partial charge in [0.1, 0.15) is 6.10 Å². The monoisotopic (exact) mass is 146 g/mol. The Kier molecular flexibility index (Phi) is 3.12. The van der Waals surface area contributed by atoms with E-state index in [0.717, 1.165) is 12.8 Å². The smallest absolute Gasteiger partial charge is 0.183 e. The van der Waals surface area contributed by atoms with Crippen LogP contribution in [0.5, 0.6) is 0 Å². The molecular weight excluding hydrogens is 132 g/mol. The van der Waals surface area contributed by atoms with Gasteiger partial charge in [0.25, 0.3) is 0 Å². The Morgan fingerprint density at radius 3 is 3.10 bits per heavy atom. The molecule has 0 aromatic carbocycles. The molecule has 1 aliphatic heterocycles. The summed E-state index contributed by atoms with van der Waals surface area (Å²) in [6.07, 6.45) is 0.933. The first-order chi connectivity index (χ1) is 4.84.